The highest BCUT2D eigenvalue weighted by atomic mass is 19.4. The Morgan fingerprint density at radius 1 is 0.972 bits per heavy atom. The van der Waals surface area contributed by atoms with Gasteiger partial charge in [-0.15, -0.1) is 0 Å². The summed E-state index contributed by atoms with van der Waals surface area (Å²) in [6.45, 7) is 0.210. The molecule has 2 N–H and O–H groups in total. The first kappa shape index (κ1) is 24.6. The van der Waals surface area contributed by atoms with Crippen LogP contribution >= 0.6 is 0 Å². The molecule has 3 aromatic carbocycles. The Balaban J connectivity index is 1.67. The molecular weight excluding hydrogens is 478 g/mol. The number of aromatic nitrogens is 1. The van der Waals surface area contributed by atoms with E-state index in [-0.39, 0.29) is 34.9 Å². The molecule has 4 rings (SSSR count). The fourth-order valence-electron chi connectivity index (χ4n) is 3.75. The van der Waals surface area contributed by atoms with Gasteiger partial charge in [-0.2, -0.15) is 13.2 Å². The highest BCUT2D eigenvalue weighted by Crippen LogP contribution is 2.36. The van der Waals surface area contributed by atoms with Crippen molar-refractivity contribution in [1.29, 1.82) is 0 Å². The van der Waals surface area contributed by atoms with E-state index in [4.69, 9.17) is 0 Å². The summed E-state index contributed by atoms with van der Waals surface area (Å²) in [6.07, 6.45) is -4.08. The van der Waals surface area contributed by atoms with Gasteiger partial charge in [0, 0.05) is 18.3 Å². The van der Waals surface area contributed by atoms with Gasteiger partial charge in [0.25, 0.3) is 11.6 Å². The number of aromatic amines is 1. The molecule has 0 radical (unpaired) electrons. The van der Waals surface area contributed by atoms with Gasteiger partial charge in [0.15, 0.2) is 0 Å². The van der Waals surface area contributed by atoms with Crippen LogP contribution in [0.15, 0.2) is 78.9 Å². The third-order valence-electron chi connectivity index (χ3n) is 5.57. The molecule has 0 aliphatic heterocycles. The number of rotatable bonds is 7. The maximum absolute atomic E-state index is 13.1. The van der Waals surface area contributed by atoms with Crippen LogP contribution in [0, 0.1) is 15.9 Å². The Morgan fingerprint density at radius 3 is 2.28 bits per heavy atom. The predicted octanol–water partition coefficient (Wildman–Crippen LogP) is 6.39. The second-order valence-corrected chi connectivity index (χ2v) is 7.95. The topological polar surface area (TPSA) is 88.0 Å². The molecule has 0 atom stereocenters. The second kappa shape index (κ2) is 10.0. The van der Waals surface area contributed by atoms with E-state index in [1.165, 1.54) is 48.5 Å². The van der Waals surface area contributed by atoms with Crippen molar-refractivity contribution in [2.75, 3.05) is 6.54 Å². The van der Waals surface area contributed by atoms with Crippen molar-refractivity contribution in [3.63, 3.8) is 0 Å². The van der Waals surface area contributed by atoms with Crippen molar-refractivity contribution < 1.29 is 27.3 Å². The van der Waals surface area contributed by atoms with Crippen LogP contribution in [0.2, 0.25) is 0 Å². The van der Waals surface area contributed by atoms with Crippen LogP contribution in [0.4, 0.5) is 23.2 Å². The van der Waals surface area contributed by atoms with Gasteiger partial charge in [0.2, 0.25) is 0 Å². The number of benzene rings is 3. The third-order valence-corrected chi connectivity index (χ3v) is 5.57. The van der Waals surface area contributed by atoms with Crippen LogP contribution in [0.1, 0.15) is 21.5 Å². The van der Waals surface area contributed by atoms with Crippen LogP contribution in [-0.2, 0) is 12.6 Å². The molecule has 0 saturated heterocycles. The standard InChI is InChI=1S/C26H19F4N3O3/c27-19-11-5-16(6-12-19)13-14-31-25(34)21-15-22(17-7-9-18(10-8-17)26(28,29)30)32-24(21)20-3-1-2-4-23(20)33(35)36/h1-12,15,32H,13-14H2,(H,31,34). The van der Waals surface area contributed by atoms with Crippen molar-refractivity contribution in [3.8, 4) is 22.5 Å². The van der Waals surface area contributed by atoms with Crippen LogP contribution < -0.4 is 5.32 Å². The molecule has 6 nitrogen and oxygen atoms in total. The first-order valence-electron chi connectivity index (χ1n) is 10.8. The number of hydrogen-bond acceptors (Lipinski definition) is 3. The smallest absolute Gasteiger partial charge is 0.354 e. The molecule has 0 aliphatic carbocycles. The number of nitrogens with one attached hydrogen (secondary N) is 2. The summed E-state index contributed by atoms with van der Waals surface area (Å²) >= 11 is 0. The van der Waals surface area contributed by atoms with Crippen LogP contribution in [-0.4, -0.2) is 22.4 Å². The van der Waals surface area contributed by atoms with Crippen molar-refractivity contribution >= 4 is 11.6 Å². The fourth-order valence-corrected chi connectivity index (χ4v) is 3.75. The van der Waals surface area contributed by atoms with Gasteiger partial charge in [-0.3, -0.25) is 14.9 Å². The first-order valence-corrected chi connectivity index (χ1v) is 10.8. The molecule has 1 heterocycles. The number of carbonyl (C=O) groups excluding carboxylic acids is 1. The fraction of sp³-hybridized carbons (Fsp3) is 0.115. The number of halogens is 4. The second-order valence-electron chi connectivity index (χ2n) is 7.95. The minimum Gasteiger partial charge on any atom is -0.354 e. The molecule has 0 unspecified atom stereocenters. The number of alkyl halides is 3. The number of carbonyl (C=O) groups is 1. The summed E-state index contributed by atoms with van der Waals surface area (Å²) in [5.41, 5.74) is 0.845. The van der Waals surface area contributed by atoms with E-state index in [0.717, 1.165) is 17.7 Å². The summed E-state index contributed by atoms with van der Waals surface area (Å²) in [5, 5.41) is 14.3. The van der Waals surface area contributed by atoms with E-state index in [2.05, 4.69) is 10.3 Å². The lowest BCUT2D eigenvalue weighted by Crippen LogP contribution is -2.25. The quantitative estimate of drug-likeness (QED) is 0.176. The molecule has 0 bridgehead atoms. The summed E-state index contributed by atoms with van der Waals surface area (Å²) in [6, 6.07) is 17.5. The molecule has 4 aromatic rings. The molecule has 0 spiro atoms. The Hall–Kier alpha value is -4.47. The van der Waals surface area contributed by atoms with Crippen LogP contribution in [0.3, 0.4) is 0 Å². The van der Waals surface area contributed by atoms with Crippen LogP contribution in [0.5, 0.6) is 0 Å². The van der Waals surface area contributed by atoms with Gasteiger partial charge in [-0.05, 0) is 53.9 Å². The largest absolute Gasteiger partial charge is 0.416 e. The summed E-state index contributed by atoms with van der Waals surface area (Å²) in [4.78, 5) is 27.1. The molecule has 1 amide bonds. The monoisotopic (exact) mass is 497 g/mol. The lowest BCUT2D eigenvalue weighted by molar-refractivity contribution is -0.384. The van der Waals surface area contributed by atoms with E-state index < -0.39 is 22.6 Å². The maximum atomic E-state index is 13.1. The van der Waals surface area contributed by atoms with E-state index >= 15 is 0 Å². The molecule has 0 aliphatic rings. The Labute approximate surface area is 202 Å². The molecule has 0 fully saturated rings. The number of hydrogen-bond donors (Lipinski definition) is 2. The summed E-state index contributed by atoms with van der Waals surface area (Å²) < 4.78 is 52.0. The van der Waals surface area contributed by atoms with Gasteiger partial charge in [0.05, 0.1) is 27.3 Å². The van der Waals surface area contributed by atoms with Crippen LogP contribution in [0.25, 0.3) is 22.5 Å². The third kappa shape index (κ3) is 5.43. The molecule has 0 saturated carbocycles. The minimum absolute atomic E-state index is 0.0957. The number of para-hydroxylation sites is 1. The first-order chi connectivity index (χ1) is 17.1. The Bertz CT molecular complexity index is 1400. The minimum atomic E-state index is -4.50. The van der Waals surface area contributed by atoms with Crippen molar-refractivity contribution in [2.45, 2.75) is 12.6 Å². The van der Waals surface area contributed by atoms with Crippen molar-refractivity contribution in [1.82, 2.24) is 10.3 Å². The zero-order chi connectivity index (χ0) is 25.9. The number of amides is 1. The van der Waals surface area contributed by atoms with Crippen molar-refractivity contribution in [2.24, 2.45) is 0 Å². The zero-order valence-corrected chi connectivity index (χ0v) is 18.6. The van der Waals surface area contributed by atoms with Gasteiger partial charge < -0.3 is 10.3 Å². The van der Waals surface area contributed by atoms with E-state index in [0.29, 0.717) is 17.7 Å². The van der Waals surface area contributed by atoms with Gasteiger partial charge in [0.1, 0.15) is 5.82 Å². The van der Waals surface area contributed by atoms with Gasteiger partial charge >= 0.3 is 6.18 Å². The van der Waals surface area contributed by atoms with E-state index in [1.807, 2.05) is 0 Å². The van der Waals surface area contributed by atoms with E-state index in [1.54, 1.807) is 18.2 Å². The Morgan fingerprint density at radius 2 is 1.64 bits per heavy atom. The SMILES string of the molecule is O=C(NCCc1ccc(F)cc1)c1cc(-c2ccc(C(F)(F)F)cc2)[nH]c1-c1ccccc1[N+](=O)[O-]. The molecule has 1 aromatic heterocycles. The number of H-pyrrole nitrogens is 1. The lowest BCUT2D eigenvalue weighted by Gasteiger charge is -2.07. The van der Waals surface area contributed by atoms with Crippen molar-refractivity contribution in [3.05, 3.63) is 111 Å². The lowest BCUT2D eigenvalue weighted by atomic mass is 10.0. The average molecular weight is 497 g/mol. The number of nitro groups is 1. The molecule has 184 valence electrons. The van der Waals surface area contributed by atoms with Gasteiger partial charge in [-0.25, -0.2) is 4.39 Å². The highest BCUT2D eigenvalue weighted by molar-refractivity contribution is 6.02. The zero-order valence-electron chi connectivity index (χ0n) is 18.6. The number of nitro benzene ring substituents is 1. The molecule has 36 heavy (non-hydrogen) atoms. The predicted molar refractivity (Wildman–Crippen MR) is 126 cm³/mol. The summed E-state index contributed by atoms with van der Waals surface area (Å²) in [5.74, 6) is -0.903. The average Bonchev–Trinajstić information content (AvgIpc) is 3.30. The Kier molecular flexibility index (Phi) is 6.86. The maximum Gasteiger partial charge on any atom is 0.416 e. The van der Waals surface area contributed by atoms with Gasteiger partial charge in [-0.1, -0.05) is 36.4 Å². The molecule has 10 heteroatoms. The highest BCUT2D eigenvalue weighted by Gasteiger charge is 2.30. The number of nitrogens with zero attached hydrogens (tertiary/aromatic N) is 1. The molecular formula is C26H19F4N3O3. The summed E-state index contributed by atoms with van der Waals surface area (Å²) in [7, 11) is 0. The van der Waals surface area contributed by atoms with E-state index in [9.17, 15) is 32.5 Å². The normalized spacial score (nSPS) is 11.3.